The maximum Gasteiger partial charge on any atom is 0.110 e. The number of nitrogens with two attached hydrogens (primary N) is 1. The van der Waals surface area contributed by atoms with Crippen molar-refractivity contribution >= 4 is 0 Å². The highest BCUT2D eigenvalue weighted by Gasteiger charge is 2.17. The maximum atomic E-state index is 5.52. The summed E-state index contributed by atoms with van der Waals surface area (Å²) in [5.74, 6) is 1.12. The quantitative estimate of drug-likeness (QED) is 0.684. The van der Waals surface area contributed by atoms with Crippen molar-refractivity contribution in [2.75, 3.05) is 19.6 Å². The number of hydrogen-bond donors (Lipinski definition) is 2. The monoisotopic (exact) mass is 180 g/mol. The Hall–Kier alpha value is -0.870. The van der Waals surface area contributed by atoms with Gasteiger partial charge in [-0.3, -0.25) is 0 Å². The third kappa shape index (κ3) is 1.73. The van der Waals surface area contributed by atoms with Crippen LogP contribution in [0.5, 0.6) is 0 Å². The molecule has 0 bridgehead atoms. The first kappa shape index (κ1) is 8.72. The van der Waals surface area contributed by atoms with E-state index < -0.39 is 0 Å². The van der Waals surface area contributed by atoms with Crippen molar-refractivity contribution in [3.63, 3.8) is 0 Å². The largest absolute Gasteiger partial charge is 0.331 e. The molecule has 0 spiro atoms. The van der Waals surface area contributed by atoms with Crippen LogP contribution in [0.25, 0.3) is 0 Å². The van der Waals surface area contributed by atoms with Crippen LogP contribution in [0.15, 0.2) is 12.4 Å². The molecule has 1 aromatic rings. The lowest BCUT2D eigenvalue weighted by molar-refractivity contribution is 0.522. The molecule has 4 nitrogen and oxygen atoms in total. The lowest BCUT2D eigenvalue weighted by Gasteiger charge is -2.13. The normalized spacial score (nSPS) is 22.4. The molecule has 0 saturated carbocycles. The summed E-state index contributed by atoms with van der Waals surface area (Å²) in [6.45, 7) is 2.86. The van der Waals surface area contributed by atoms with E-state index in [1.165, 1.54) is 6.42 Å². The van der Waals surface area contributed by atoms with Gasteiger partial charge in [-0.05, 0) is 19.5 Å². The van der Waals surface area contributed by atoms with E-state index in [0.717, 1.165) is 25.3 Å². The van der Waals surface area contributed by atoms with Crippen molar-refractivity contribution in [1.82, 2.24) is 14.9 Å². The van der Waals surface area contributed by atoms with Crippen LogP contribution in [0.1, 0.15) is 18.3 Å². The molecule has 13 heavy (non-hydrogen) atoms. The highest BCUT2D eigenvalue weighted by atomic mass is 15.1. The standard InChI is InChI=1S/C9H16N4/c10-3-1-9-12-5-6-13(9)8-2-4-11-7-8/h5-6,8,11H,1-4,7,10H2. The van der Waals surface area contributed by atoms with Crippen LogP contribution >= 0.6 is 0 Å². The first-order chi connectivity index (χ1) is 6.42. The van der Waals surface area contributed by atoms with Crippen LogP contribution in [0, 0.1) is 0 Å². The minimum absolute atomic E-state index is 0.587. The van der Waals surface area contributed by atoms with Crippen molar-refractivity contribution in [3.8, 4) is 0 Å². The average molecular weight is 180 g/mol. The van der Waals surface area contributed by atoms with Crippen molar-refractivity contribution < 1.29 is 0 Å². The van der Waals surface area contributed by atoms with Gasteiger partial charge >= 0.3 is 0 Å². The Morgan fingerprint density at radius 1 is 1.69 bits per heavy atom. The van der Waals surface area contributed by atoms with Gasteiger partial charge in [0.15, 0.2) is 0 Å². The van der Waals surface area contributed by atoms with Crippen molar-refractivity contribution in [1.29, 1.82) is 0 Å². The van der Waals surface area contributed by atoms with Crippen LogP contribution in [0.4, 0.5) is 0 Å². The summed E-state index contributed by atoms with van der Waals surface area (Å²) >= 11 is 0. The number of rotatable bonds is 3. The molecule has 0 radical (unpaired) electrons. The summed E-state index contributed by atoms with van der Waals surface area (Å²) in [5, 5.41) is 3.35. The van der Waals surface area contributed by atoms with E-state index in [2.05, 4.69) is 21.1 Å². The van der Waals surface area contributed by atoms with Crippen molar-refractivity contribution in [2.24, 2.45) is 5.73 Å². The van der Waals surface area contributed by atoms with E-state index in [-0.39, 0.29) is 0 Å². The molecule has 4 heteroatoms. The van der Waals surface area contributed by atoms with Gasteiger partial charge in [0, 0.05) is 31.4 Å². The zero-order valence-corrected chi connectivity index (χ0v) is 7.74. The average Bonchev–Trinajstić information content (AvgIpc) is 2.71. The number of nitrogens with one attached hydrogen (secondary N) is 1. The summed E-state index contributed by atoms with van der Waals surface area (Å²) in [6.07, 6.45) is 6.00. The van der Waals surface area contributed by atoms with Gasteiger partial charge in [0.05, 0.1) is 0 Å². The number of nitrogens with zero attached hydrogens (tertiary/aromatic N) is 2. The van der Waals surface area contributed by atoms with Gasteiger partial charge in [-0.1, -0.05) is 0 Å². The van der Waals surface area contributed by atoms with Crippen molar-refractivity contribution in [3.05, 3.63) is 18.2 Å². The van der Waals surface area contributed by atoms with Gasteiger partial charge in [-0.15, -0.1) is 0 Å². The predicted molar refractivity (Wildman–Crippen MR) is 51.5 cm³/mol. The minimum Gasteiger partial charge on any atom is -0.331 e. The molecule has 2 rings (SSSR count). The summed E-state index contributed by atoms with van der Waals surface area (Å²) < 4.78 is 2.26. The van der Waals surface area contributed by atoms with Gasteiger partial charge in [0.2, 0.25) is 0 Å². The lowest BCUT2D eigenvalue weighted by Crippen LogP contribution is -2.17. The van der Waals surface area contributed by atoms with Crippen molar-refractivity contribution in [2.45, 2.75) is 18.9 Å². The van der Waals surface area contributed by atoms with Gasteiger partial charge in [0.25, 0.3) is 0 Å². The van der Waals surface area contributed by atoms with E-state index in [0.29, 0.717) is 12.6 Å². The molecule has 2 heterocycles. The maximum absolute atomic E-state index is 5.52. The Kier molecular flexibility index (Phi) is 2.61. The Morgan fingerprint density at radius 3 is 3.31 bits per heavy atom. The number of imidazole rings is 1. The van der Waals surface area contributed by atoms with Gasteiger partial charge < -0.3 is 15.6 Å². The van der Waals surface area contributed by atoms with Gasteiger partial charge in [0.1, 0.15) is 5.82 Å². The number of hydrogen-bond acceptors (Lipinski definition) is 3. The fourth-order valence-electron chi connectivity index (χ4n) is 1.88. The second kappa shape index (κ2) is 3.89. The molecular formula is C9H16N4. The summed E-state index contributed by atoms with van der Waals surface area (Å²) in [6, 6.07) is 0.587. The van der Waals surface area contributed by atoms with E-state index in [9.17, 15) is 0 Å². The van der Waals surface area contributed by atoms with Gasteiger partial charge in [-0.25, -0.2) is 4.98 Å². The van der Waals surface area contributed by atoms with Gasteiger partial charge in [-0.2, -0.15) is 0 Å². The van der Waals surface area contributed by atoms with E-state index in [1.807, 2.05) is 6.20 Å². The smallest absolute Gasteiger partial charge is 0.110 e. The molecular weight excluding hydrogens is 164 g/mol. The molecule has 1 unspecified atom stereocenters. The third-order valence-electron chi connectivity index (χ3n) is 2.54. The minimum atomic E-state index is 0.587. The molecule has 1 fully saturated rings. The van der Waals surface area contributed by atoms with Crippen LogP contribution in [0.3, 0.4) is 0 Å². The summed E-state index contributed by atoms with van der Waals surface area (Å²) in [5.41, 5.74) is 5.52. The molecule has 1 aliphatic rings. The number of aromatic nitrogens is 2. The van der Waals surface area contributed by atoms with Crippen LogP contribution in [0.2, 0.25) is 0 Å². The highest BCUT2D eigenvalue weighted by Crippen LogP contribution is 2.16. The lowest BCUT2D eigenvalue weighted by atomic mass is 10.2. The third-order valence-corrected chi connectivity index (χ3v) is 2.54. The van der Waals surface area contributed by atoms with E-state index >= 15 is 0 Å². The Morgan fingerprint density at radius 2 is 2.62 bits per heavy atom. The SMILES string of the molecule is NCCc1nccn1C1CCNC1. The van der Waals surface area contributed by atoms with E-state index in [1.54, 1.807) is 0 Å². The molecule has 0 aromatic carbocycles. The fraction of sp³-hybridized carbons (Fsp3) is 0.667. The summed E-state index contributed by atoms with van der Waals surface area (Å²) in [7, 11) is 0. The molecule has 0 amide bonds. The zero-order valence-electron chi connectivity index (χ0n) is 7.74. The second-order valence-electron chi connectivity index (χ2n) is 3.44. The Bertz CT molecular complexity index is 262. The first-order valence-corrected chi connectivity index (χ1v) is 4.84. The van der Waals surface area contributed by atoms with Crippen LogP contribution in [-0.4, -0.2) is 29.2 Å². The topological polar surface area (TPSA) is 55.9 Å². The van der Waals surface area contributed by atoms with Crippen LogP contribution in [-0.2, 0) is 6.42 Å². The molecule has 1 saturated heterocycles. The molecule has 1 aromatic heterocycles. The molecule has 72 valence electrons. The zero-order chi connectivity index (χ0) is 9.10. The predicted octanol–water partition coefficient (Wildman–Crippen LogP) is -0.0813. The molecule has 3 N–H and O–H groups in total. The molecule has 1 atom stereocenters. The first-order valence-electron chi connectivity index (χ1n) is 4.84. The molecule has 0 aliphatic carbocycles. The molecule has 1 aliphatic heterocycles. The Balaban J connectivity index is 2.13. The second-order valence-corrected chi connectivity index (χ2v) is 3.44. The Labute approximate surface area is 78.1 Å². The summed E-state index contributed by atoms with van der Waals surface area (Å²) in [4.78, 5) is 4.31. The van der Waals surface area contributed by atoms with E-state index in [4.69, 9.17) is 5.73 Å². The highest BCUT2D eigenvalue weighted by molar-refractivity contribution is 4.97. The van der Waals surface area contributed by atoms with Crippen LogP contribution < -0.4 is 11.1 Å². The fourth-order valence-corrected chi connectivity index (χ4v) is 1.88.